The minimum absolute atomic E-state index is 0.0321. The highest BCUT2D eigenvalue weighted by Crippen LogP contribution is 2.24. The molecule has 28 heavy (non-hydrogen) atoms. The molecule has 2 aromatic carbocycles. The highest BCUT2D eigenvalue weighted by Gasteiger charge is 2.29. The van der Waals surface area contributed by atoms with Gasteiger partial charge in [0.05, 0.1) is 43.8 Å². The van der Waals surface area contributed by atoms with E-state index in [1.165, 1.54) is 35.2 Å². The van der Waals surface area contributed by atoms with Gasteiger partial charge in [0, 0.05) is 11.1 Å². The van der Waals surface area contributed by atoms with E-state index in [1.54, 1.807) is 18.1 Å². The van der Waals surface area contributed by atoms with Gasteiger partial charge in [0.1, 0.15) is 23.7 Å². The monoisotopic (exact) mass is 408 g/mol. The summed E-state index contributed by atoms with van der Waals surface area (Å²) in [6.07, 6.45) is 0. The molecule has 1 saturated heterocycles. The van der Waals surface area contributed by atoms with Crippen molar-refractivity contribution in [3.8, 4) is 5.75 Å². The molecule has 7 nitrogen and oxygen atoms in total. The van der Waals surface area contributed by atoms with Crippen molar-refractivity contribution in [3.63, 3.8) is 0 Å². The number of ether oxygens (including phenoxy) is 1. The molecule has 1 N–H and O–H groups in total. The third kappa shape index (κ3) is 4.40. The number of nitrogens with one attached hydrogen (secondary N) is 1. The molecule has 0 atom stereocenters. The summed E-state index contributed by atoms with van der Waals surface area (Å²) in [7, 11) is 1.54. The van der Waals surface area contributed by atoms with Crippen LogP contribution in [0.15, 0.2) is 36.4 Å². The number of benzene rings is 2. The fourth-order valence-electron chi connectivity index (χ4n) is 3.36. The number of nitro benzene ring substituents is 1. The minimum atomic E-state index is -0.600. The van der Waals surface area contributed by atoms with Crippen LogP contribution >= 0.6 is 11.6 Å². The zero-order valence-corrected chi connectivity index (χ0v) is 16.0. The first-order valence-corrected chi connectivity index (χ1v) is 9.16. The highest BCUT2D eigenvalue weighted by atomic mass is 35.5. The van der Waals surface area contributed by atoms with Gasteiger partial charge < -0.3 is 14.5 Å². The Balaban J connectivity index is 1.67. The van der Waals surface area contributed by atoms with E-state index in [2.05, 4.69) is 0 Å². The van der Waals surface area contributed by atoms with Gasteiger partial charge in [0.15, 0.2) is 0 Å². The average Bonchev–Trinajstić information content (AvgIpc) is 2.68. The van der Waals surface area contributed by atoms with E-state index >= 15 is 0 Å². The molecule has 0 unspecified atom stereocenters. The van der Waals surface area contributed by atoms with Crippen LogP contribution in [-0.2, 0) is 6.54 Å². The molecule has 148 valence electrons. The van der Waals surface area contributed by atoms with Gasteiger partial charge in [-0.25, -0.2) is 4.39 Å². The van der Waals surface area contributed by atoms with Gasteiger partial charge in [-0.05, 0) is 30.3 Å². The Morgan fingerprint density at radius 1 is 1.29 bits per heavy atom. The number of halogens is 2. The van der Waals surface area contributed by atoms with Gasteiger partial charge in [-0.1, -0.05) is 11.6 Å². The number of nitro groups is 1. The number of carbonyl (C=O) groups is 1. The van der Waals surface area contributed by atoms with Gasteiger partial charge in [-0.3, -0.25) is 14.9 Å². The van der Waals surface area contributed by atoms with Gasteiger partial charge >= 0.3 is 0 Å². The van der Waals surface area contributed by atoms with Crippen molar-refractivity contribution in [1.82, 2.24) is 4.90 Å². The maximum Gasteiger partial charge on any atom is 0.283 e. The van der Waals surface area contributed by atoms with E-state index in [0.29, 0.717) is 38.5 Å². The lowest BCUT2D eigenvalue weighted by atomic mass is 10.1. The summed E-state index contributed by atoms with van der Waals surface area (Å²) in [6.45, 7) is 2.76. The minimum Gasteiger partial charge on any atom is -0.496 e. The normalized spacial score (nSPS) is 14.8. The number of rotatable bonds is 5. The van der Waals surface area contributed by atoms with Crippen LogP contribution in [0.25, 0.3) is 0 Å². The Morgan fingerprint density at radius 3 is 2.64 bits per heavy atom. The number of amides is 1. The SMILES string of the molecule is COc1ccc(F)cc1C[NH+]1CCN(C(=O)c2ccc(Cl)cc2[N+](=O)[O-])CC1. The maximum atomic E-state index is 13.5. The standard InChI is InChI=1S/C19H19ClFN3O4/c1-28-18-5-3-15(21)10-13(18)12-22-6-8-23(9-7-22)19(25)16-4-2-14(20)11-17(16)24(26)27/h2-5,10-11H,6-9,12H2,1H3/p+1. The fraction of sp³-hybridized carbons (Fsp3) is 0.316. The average molecular weight is 409 g/mol. The summed E-state index contributed by atoms with van der Waals surface area (Å²) < 4.78 is 18.8. The second kappa shape index (κ2) is 8.53. The second-order valence-corrected chi connectivity index (χ2v) is 7.03. The molecule has 1 heterocycles. The zero-order chi connectivity index (χ0) is 20.3. The van der Waals surface area contributed by atoms with Crippen LogP contribution in [-0.4, -0.2) is 49.0 Å². The predicted octanol–water partition coefficient (Wildman–Crippen LogP) is 1.94. The quantitative estimate of drug-likeness (QED) is 0.606. The Hall–Kier alpha value is -2.71. The van der Waals surface area contributed by atoms with E-state index in [-0.39, 0.29) is 28.0 Å². The van der Waals surface area contributed by atoms with Crippen molar-refractivity contribution in [2.45, 2.75) is 6.54 Å². The largest absolute Gasteiger partial charge is 0.496 e. The molecular formula is C19H20ClFN3O4+. The molecule has 0 saturated carbocycles. The first-order valence-electron chi connectivity index (χ1n) is 8.78. The van der Waals surface area contributed by atoms with Crippen LogP contribution in [0, 0.1) is 15.9 Å². The van der Waals surface area contributed by atoms with Crippen LogP contribution in [0.4, 0.5) is 10.1 Å². The summed E-state index contributed by atoms with van der Waals surface area (Å²) in [5, 5.41) is 11.4. The summed E-state index contributed by atoms with van der Waals surface area (Å²) in [5.41, 5.74) is 0.507. The molecule has 3 rings (SSSR count). The summed E-state index contributed by atoms with van der Waals surface area (Å²) in [5.74, 6) is -0.0750. The summed E-state index contributed by atoms with van der Waals surface area (Å²) in [6, 6.07) is 8.46. The fourth-order valence-corrected chi connectivity index (χ4v) is 3.53. The van der Waals surface area contributed by atoms with Crippen LogP contribution in [0.1, 0.15) is 15.9 Å². The van der Waals surface area contributed by atoms with Gasteiger partial charge in [-0.2, -0.15) is 0 Å². The number of carbonyl (C=O) groups excluding carboxylic acids is 1. The Bertz CT molecular complexity index is 901. The Kier molecular flexibility index (Phi) is 6.11. The first kappa shape index (κ1) is 20.0. The number of nitrogens with zero attached hydrogens (tertiary/aromatic N) is 2. The molecule has 0 aromatic heterocycles. The van der Waals surface area contributed by atoms with Crippen molar-refractivity contribution in [1.29, 1.82) is 0 Å². The van der Waals surface area contributed by atoms with E-state index in [9.17, 15) is 19.3 Å². The van der Waals surface area contributed by atoms with Gasteiger partial charge in [0.2, 0.25) is 0 Å². The number of methoxy groups -OCH3 is 1. The van der Waals surface area contributed by atoms with Crippen molar-refractivity contribution in [2.75, 3.05) is 33.3 Å². The Labute approximate surface area is 166 Å². The first-order chi connectivity index (χ1) is 13.4. The molecule has 0 radical (unpaired) electrons. The van der Waals surface area contributed by atoms with E-state index < -0.39 is 4.92 Å². The lowest BCUT2D eigenvalue weighted by Crippen LogP contribution is -3.13. The molecular weight excluding hydrogens is 389 g/mol. The van der Waals surface area contributed by atoms with Crippen LogP contribution < -0.4 is 9.64 Å². The van der Waals surface area contributed by atoms with E-state index in [0.717, 1.165) is 5.56 Å². The van der Waals surface area contributed by atoms with E-state index in [1.807, 2.05) is 0 Å². The number of hydrogen-bond donors (Lipinski definition) is 1. The summed E-state index contributed by atoms with van der Waals surface area (Å²) >= 11 is 5.81. The lowest BCUT2D eigenvalue weighted by molar-refractivity contribution is -0.917. The van der Waals surface area contributed by atoms with Crippen molar-refractivity contribution >= 4 is 23.2 Å². The van der Waals surface area contributed by atoms with Gasteiger partial charge in [0.25, 0.3) is 11.6 Å². The molecule has 1 aliphatic rings. The maximum absolute atomic E-state index is 13.5. The van der Waals surface area contributed by atoms with E-state index in [4.69, 9.17) is 16.3 Å². The molecule has 1 fully saturated rings. The van der Waals surface area contributed by atoms with Crippen LogP contribution in [0.3, 0.4) is 0 Å². The predicted molar refractivity (Wildman–Crippen MR) is 101 cm³/mol. The molecule has 0 spiro atoms. The highest BCUT2D eigenvalue weighted by molar-refractivity contribution is 6.31. The number of hydrogen-bond acceptors (Lipinski definition) is 4. The van der Waals surface area contributed by atoms with Crippen LogP contribution in [0.5, 0.6) is 5.75 Å². The third-order valence-electron chi connectivity index (χ3n) is 4.83. The van der Waals surface area contributed by atoms with Crippen molar-refractivity contribution < 1.29 is 23.7 Å². The number of piperazine rings is 1. The number of quaternary nitrogens is 1. The topological polar surface area (TPSA) is 77.1 Å². The molecule has 0 bridgehead atoms. The molecule has 1 amide bonds. The second-order valence-electron chi connectivity index (χ2n) is 6.59. The molecule has 0 aliphatic carbocycles. The molecule has 2 aromatic rings. The smallest absolute Gasteiger partial charge is 0.283 e. The summed E-state index contributed by atoms with van der Waals surface area (Å²) in [4.78, 5) is 26.2. The van der Waals surface area contributed by atoms with Gasteiger partial charge in [-0.15, -0.1) is 0 Å². The lowest BCUT2D eigenvalue weighted by Gasteiger charge is -2.32. The zero-order valence-electron chi connectivity index (χ0n) is 15.3. The molecule has 1 aliphatic heterocycles. The molecule has 9 heteroatoms. The van der Waals surface area contributed by atoms with Crippen molar-refractivity contribution in [3.05, 3.63) is 68.5 Å². The Morgan fingerprint density at radius 2 is 2.00 bits per heavy atom. The van der Waals surface area contributed by atoms with Crippen molar-refractivity contribution in [2.24, 2.45) is 0 Å². The third-order valence-corrected chi connectivity index (χ3v) is 5.06. The van der Waals surface area contributed by atoms with Crippen LogP contribution in [0.2, 0.25) is 5.02 Å².